The quantitative estimate of drug-likeness (QED) is 0.608. The molecular weight excluding hydrogens is 330 g/mol. The number of rotatable bonds is 5. The summed E-state index contributed by atoms with van der Waals surface area (Å²) in [5, 5.41) is 0. The van der Waals surface area contributed by atoms with Crippen LogP contribution in [0, 0.1) is 19.8 Å². The Morgan fingerprint density at radius 1 is 1.08 bits per heavy atom. The zero-order valence-corrected chi connectivity index (χ0v) is 15.3. The molecule has 0 radical (unpaired) electrons. The van der Waals surface area contributed by atoms with Crippen molar-refractivity contribution in [1.82, 2.24) is 0 Å². The van der Waals surface area contributed by atoms with Crippen LogP contribution in [-0.4, -0.2) is 25.0 Å². The molecule has 2 aromatic rings. The van der Waals surface area contributed by atoms with E-state index in [2.05, 4.69) is 0 Å². The first-order valence-corrected chi connectivity index (χ1v) is 8.80. The first-order chi connectivity index (χ1) is 12.5. The Hall–Kier alpha value is -2.82. The Labute approximate surface area is 153 Å². The number of hydrogen-bond donors (Lipinski definition) is 0. The number of ether oxygens (including phenoxy) is 2. The molecule has 1 aliphatic rings. The van der Waals surface area contributed by atoms with E-state index < -0.39 is 5.92 Å². The van der Waals surface area contributed by atoms with Gasteiger partial charge in [0, 0.05) is 18.7 Å². The largest absolute Gasteiger partial charge is 0.494 e. The van der Waals surface area contributed by atoms with E-state index in [0.29, 0.717) is 18.9 Å². The highest BCUT2D eigenvalue weighted by Crippen LogP contribution is 2.28. The van der Waals surface area contributed by atoms with Crippen LogP contribution in [0.15, 0.2) is 42.5 Å². The normalized spacial score (nSPS) is 16.7. The van der Waals surface area contributed by atoms with Crippen molar-refractivity contribution in [2.24, 2.45) is 5.92 Å². The summed E-state index contributed by atoms with van der Waals surface area (Å²) in [6.07, 6.45) is 0.164. The van der Waals surface area contributed by atoms with Crippen molar-refractivity contribution in [2.45, 2.75) is 27.2 Å². The molecule has 0 unspecified atom stereocenters. The van der Waals surface area contributed by atoms with Crippen molar-refractivity contribution in [1.29, 1.82) is 0 Å². The molecule has 26 heavy (non-hydrogen) atoms. The number of esters is 1. The van der Waals surface area contributed by atoms with Crippen LogP contribution in [0.25, 0.3) is 0 Å². The predicted octanol–water partition coefficient (Wildman–Crippen LogP) is 3.66. The van der Waals surface area contributed by atoms with Crippen LogP contribution in [-0.2, 0) is 9.59 Å². The fourth-order valence-corrected chi connectivity index (χ4v) is 2.98. The third-order valence-electron chi connectivity index (χ3n) is 4.61. The van der Waals surface area contributed by atoms with Crippen LogP contribution >= 0.6 is 0 Å². The first-order valence-electron chi connectivity index (χ1n) is 8.80. The van der Waals surface area contributed by atoms with Gasteiger partial charge in [-0.15, -0.1) is 0 Å². The highest BCUT2D eigenvalue weighted by Gasteiger charge is 2.36. The van der Waals surface area contributed by atoms with Gasteiger partial charge in [-0.2, -0.15) is 0 Å². The van der Waals surface area contributed by atoms with E-state index in [9.17, 15) is 9.59 Å². The molecule has 1 fully saturated rings. The van der Waals surface area contributed by atoms with Crippen LogP contribution in [0.1, 0.15) is 24.5 Å². The second-order valence-corrected chi connectivity index (χ2v) is 6.50. The Morgan fingerprint density at radius 3 is 2.42 bits per heavy atom. The van der Waals surface area contributed by atoms with Gasteiger partial charge in [0.2, 0.25) is 5.91 Å². The molecule has 0 N–H and O–H groups in total. The third kappa shape index (κ3) is 3.87. The van der Waals surface area contributed by atoms with Crippen molar-refractivity contribution in [3.05, 3.63) is 53.6 Å². The fourth-order valence-electron chi connectivity index (χ4n) is 2.98. The highest BCUT2D eigenvalue weighted by molar-refractivity contribution is 5.99. The van der Waals surface area contributed by atoms with Crippen LogP contribution in [0.2, 0.25) is 0 Å². The molecule has 1 atom stereocenters. The van der Waals surface area contributed by atoms with E-state index in [1.165, 1.54) is 0 Å². The molecule has 1 amide bonds. The fraction of sp³-hybridized carbons (Fsp3) is 0.333. The standard InChI is InChI=1S/C21H23NO4/c1-4-25-18-9-6-17(7-10-18)22-13-16(12-20(22)23)21(24)26-19-8-5-14(2)15(3)11-19/h5-11,16H,4,12-13H2,1-3H3/t16-/m1/s1. The van der Waals surface area contributed by atoms with Gasteiger partial charge in [0.25, 0.3) is 0 Å². The molecule has 1 saturated heterocycles. The minimum Gasteiger partial charge on any atom is -0.494 e. The maximum atomic E-state index is 12.5. The monoisotopic (exact) mass is 353 g/mol. The average Bonchev–Trinajstić information content (AvgIpc) is 3.01. The summed E-state index contributed by atoms with van der Waals surface area (Å²) in [4.78, 5) is 26.4. The molecule has 0 aliphatic carbocycles. The van der Waals surface area contributed by atoms with E-state index >= 15 is 0 Å². The van der Waals surface area contributed by atoms with Gasteiger partial charge in [0.15, 0.2) is 0 Å². The maximum Gasteiger partial charge on any atom is 0.316 e. The van der Waals surface area contributed by atoms with Gasteiger partial charge in [-0.3, -0.25) is 9.59 Å². The lowest BCUT2D eigenvalue weighted by atomic mass is 10.1. The summed E-state index contributed by atoms with van der Waals surface area (Å²) < 4.78 is 10.9. The summed E-state index contributed by atoms with van der Waals surface area (Å²) in [6, 6.07) is 12.9. The topological polar surface area (TPSA) is 55.8 Å². The molecular formula is C21H23NO4. The molecule has 0 saturated carbocycles. The summed E-state index contributed by atoms with van der Waals surface area (Å²) in [6.45, 7) is 6.82. The molecule has 0 spiro atoms. The van der Waals surface area contributed by atoms with Crippen LogP contribution in [0.4, 0.5) is 5.69 Å². The van der Waals surface area contributed by atoms with Crippen LogP contribution < -0.4 is 14.4 Å². The molecule has 2 aromatic carbocycles. The van der Waals surface area contributed by atoms with Gasteiger partial charge in [-0.1, -0.05) is 6.07 Å². The number of amides is 1. The summed E-state index contributed by atoms with van der Waals surface area (Å²) in [5.41, 5.74) is 2.97. The number of hydrogen-bond acceptors (Lipinski definition) is 4. The lowest BCUT2D eigenvalue weighted by Crippen LogP contribution is -2.27. The predicted molar refractivity (Wildman–Crippen MR) is 99.6 cm³/mol. The highest BCUT2D eigenvalue weighted by atomic mass is 16.5. The van der Waals surface area contributed by atoms with Gasteiger partial charge in [0.05, 0.1) is 12.5 Å². The zero-order chi connectivity index (χ0) is 18.7. The first kappa shape index (κ1) is 18.0. The molecule has 1 aliphatic heterocycles. The van der Waals surface area contributed by atoms with Crippen molar-refractivity contribution < 1.29 is 19.1 Å². The summed E-state index contributed by atoms with van der Waals surface area (Å²) >= 11 is 0. The van der Waals surface area contributed by atoms with E-state index in [4.69, 9.17) is 9.47 Å². The van der Waals surface area contributed by atoms with E-state index in [0.717, 1.165) is 22.6 Å². The third-order valence-corrected chi connectivity index (χ3v) is 4.61. The van der Waals surface area contributed by atoms with Crippen LogP contribution in [0.3, 0.4) is 0 Å². The Kier molecular flexibility index (Phi) is 5.26. The Balaban J connectivity index is 1.66. The average molecular weight is 353 g/mol. The minimum atomic E-state index is -0.462. The van der Waals surface area contributed by atoms with Crippen molar-refractivity contribution in [2.75, 3.05) is 18.1 Å². The second kappa shape index (κ2) is 7.60. The van der Waals surface area contributed by atoms with Gasteiger partial charge < -0.3 is 14.4 Å². The smallest absolute Gasteiger partial charge is 0.316 e. The molecule has 1 heterocycles. The zero-order valence-electron chi connectivity index (χ0n) is 15.3. The molecule has 0 bridgehead atoms. The number of anilines is 1. The van der Waals surface area contributed by atoms with Crippen LogP contribution in [0.5, 0.6) is 11.5 Å². The number of carbonyl (C=O) groups is 2. The lowest BCUT2D eigenvalue weighted by Gasteiger charge is -2.17. The molecule has 0 aromatic heterocycles. The van der Waals surface area contributed by atoms with Gasteiger partial charge in [0.1, 0.15) is 11.5 Å². The number of aryl methyl sites for hydroxylation is 2. The summed E-state index contributed by atoms with van der Waals surface area (Å²) in [7, 11) is 0. The number of nitrogens with zero attached hydrogens (tertiary/aromatic N) is 1. The molecule has 5 nitrogen and oxygen atoms in total. The number of carbonyl (C=O) groups excluding carboxylic acids is 2. The SMILES string of the molecule is CCOc1ccc(N2C[C@H](C(=O)Oc3ccc(C)c(C)c3)CC2=O)cc1. The molecule has 3 rings (SSSR count). The Bertz CT molecular complexity index is 813. The van der Waals surface area contributed by atoms with Crippen molar-refractivity contribution >= 4 is 17.6 Å². The molecule has 136 valence electrons. The minimum absolute atomic E-state index is 0.0730. The second-order valence-electron chi connectivity index (χ2n) is 6.50. The van der Waals surface area contributed by atoms with Gasteiger partial charge >= 0.3 is 5.97 Å². The van der Waals surface area contributed by atoms with Gasteiger partial charge in [-0.25, -0.2) is 0 Å². The van der Waals surface area contributed by atoms with Gasteiger partial charge in [-0.05, 0) is 68.3 Å². The summed E-state index contributed by atoms with van der Waals surface area (Å²) in [5.74, 6) is 0.376. The van der Waals surface area contributed by atoms with Crippen molar-refractivity contribution in [3.63, 3.8) is 0 Å². The van der Waals surface area contributed by atoms with E-state index in [-0.39, 0.29) is 18.3 Å². The lowest BCUT2D eigenvalue weighted by molar-refractivity contribution is -0.139. The number of benzene rings is 2. The van der Waals surface area contributed by atoms with Crippen molar-refractivity contribution in [3.8, 4) is 11.5 Å². The van der Waals surface area contributed by atoms with E-state index in [1.807, 2.05) is 57.2 Å². The Morgan fingerprint density at radius 2 is 1.77 bits per heavy atom. The molecule has 5 heteroatoms. The maximum absolute atomic E-state index is 12.5. The van der Waals surface area contributed by atoms with E-state index in [1.54, 1.807) is 11.0 Å².